The molecule has 5 fully saturated rings. The Kier molecular flexibility index (Phi) is 8.79. The van der Waals surface area contributed by atoms with Crippen molar-refractivity contribution in [1.82, 2.24) is 16.0 Å². The molecule has 1 amide bonds. The highest BCUT2D eigenvalue weighted by molar-refractivity contribution is 8.00. The summed E-state index contributed by atoms with van der Waals surface area (Å²) in [7, 11) is 1.86. The van der Waals surface area contributed by atoms with E-state index in [0.29, 0.717) is 47.5 Å². The molecule has 0 aromatic heterocycles. The molecular formula is C27H47N3O3S. The number of fused-ring (bicyclic) bond motifs is 1. The molecule has 6 nitrogen and oxygen atoms in total. The topological polar surface area (TPSA) is 71.6 Å². The summed E-state index contributed by atoms with van der Waals surface area (Å²) in [5.41, 5.74) is 0.0282. The van der Waals surface area contributed by atoms with Gasteiger partial charge in [0.2, 0.25) is 5.91 Å². The summed E-state index contributed by atoms with van der Waals surface area (Å²) in [5, 5.41) is 11.3. The van der Waals surface area contributed by atoms with E-state index < -0.39 is 0 Å². The van der Waals surface area contributed by atoms with E-state index >= 15 is 0 Å². The number of ether oxygens (including phenoxy) is 2. The van der Waals surface area contributed by atoms with Gasteiger partial charge < -0.3 is 20.1 Å². The number of thioether (sulfide) groups is 1. The monoisotopic (exact) mass is 493 g/mol. The Morgan fingerprint density at radius 3 is 2.53 bits per heavy atom. The molecule has 2 saturated heterocycles. The van der Waals surface area contributed by atoms with Gasteiger partial charge in [0.25, 0.3) is 0 Å². The summed E-state index contributed by atoms with van der Waals surface area (Å²) in [4.78, 5) is 13.6. The van der Waals surface area contributed by atoms with Crippen LogP contribution in [0.5, 0.6) is 0 Å². The Bertz CT molecular complexity index is 676. The molecule has 3 N–H and O–H groups in total. The van der Waals surface area contributed by atoms with Crippen molar-refractivity contribution in [2.45, 2.75) is 132 Å². The fraction of sp³-hybridized carbons (Fsp3) is 0.963. The van der Waals surface area contributed by atoms with Crippen LogP contribution in [-0.2, 0) is 14.3 Å². The quantitative estimate of drug-likeness (QED) is 0.516. The highest BCUT2D eigenvalue weighted by Crippen LogP contribution is 2.41. The third-order valence-corrected chi connectivity index (χ3v) is 10.8. The van der Waals surface area contributed by atoms with Crippen LogP contribution in [0.1, 0.15) is 90.4 Å². The van der Waals surface area contributed by atoms with Gasteiger partial charge in [-0.15, -0.1) is 11.8 Å². The standard InChI is InChI=1S/C27H47N3O3S/c1-17-14-21(20-10-6-7-11-24(20)32-2)22(16-28-17)26(31)30-27-29-23-13-12-19(15-25(23)34-27)33-18-8-4-3-5-9-18/h17-25,27-29H,3-16H2,1-2H3,(H,30,31). The molecule has 7 heteroatoms. The zero-order valence-electron chi connectivity index (χ0n) is 21.3. The molecule has 0 aromatic carbocycles. The van der Waals surface area contributed by atoms with Crippen LogP contribution in [0.15, 0.2) is 0 Å². The van der Waals surface area contributed by atoms with Crippen molar-refractivity contribution in [3.8, 4) is 0 Å². The lowest BCUT2D eigenvalue weighted by molar-refractivity contribution is -0.130. The number of carbonyl (C=O) groups excluding carboxylic acids is 1. The lowest BCUT2D eigenvalue weighted by Crippen LogP contribution is -2.55. The van der Waals surface area contributed by atoms with Gasteiger partial charge in [-0.2, -0.15) is 0 Å². The number of piperidine rings is 1. The fourth-order valence-corrected chi connectivity index (χ4v) is 9.07. The maximum absolute atomic E-state index is 13.6. The second-order valence-electron chi connectivity index (χ2n) is 11.7. The SMILES string of the molecule is COC1CCCCC1C1CC(C)NCC1C(=O)NC1NC2CCC(OC3CCCCC3)CC2S1. The first-order chi connectivity index (χ1) is 16.6. The molecule has 5 rings (SSSR count). The number of hydrogen-bond acceptors (Lipinski definition) is 6. The summed E-state index contributed by atoms with van der Waals surface area (Å²) in [6, 6.07) is 0.967. The van der Waals surface area contributed by atoms with Crippen LogP contribution in [-0.4, -0.2) is 60.7 Å². The zero-order chi connectivity index (χ0) is 23.5. The van der Waals surface area contributed by atoms with Crippen LogP contribution in [0, 0.1) is 17.8 Å². The number of rotatable bonds is 6. The fourth-order valence-electron chi connectivity index (χ4n) is 7.55. The molecule has 0 radical (unpaired) electrons. The third kappa shape index (κ3) is 5.96. The summed E-state index contributed by atoms with van der Waals surface area (Å²) in [6.45, 7) is 3.04. The maximum Gasteiger partial charge on any atom is 0.226 e. The lowest BCUT2D eigenvalue weighted by Gasteiger charge is -2.44. The van der Waals surface area contributed by atoms with Crippen LogP contribution < -0.4 is 16.0 Å². The minimum absolute atomic E-state index is 0.0282. The first-order valence-corrected chi connectivity index (χ1v) is 15.2. The van der Waals surface area contributed by atoms with Gasteiger partial charge in [-0.1, -0.05) is 32.1 Å². The summed E-state index contributed by atoms with van der Waals surface area (Å²) in [6.07, 6.45) is 17.1. The smallest absolute Gasteiger partial charge is 0.226 e. The van der Waals surface area contributed by atoms with Gasteiger partial charge in [0.15, 0.2) is 0 Å². The van der Waals surface area contributed by atoms with Gasteiger partial charge in [0.1, 0.15) is 5.50 Å². The van der Waals surface area contributed by atoms with E-state index in [1.807, 2.05) is 18.9 Å². The van der Waals surface area contributed by atoms with Crippen molar-refractivity contribution in [3.63, 3.8) is 0 Å². The Morgan fingerprint density at radius 2 is 1.71 bits per heavy atom. The molecule has 9 unspecified atom stereocenters. The Balaban J connectivity index is 1.15. The van der Waals surface area contributed by atoms with Gasteiger partial charge in [0, 0.05) is 31.0 Å². The summed E-state index contributed by atoms with van der Waals surface area (Å²) in [5.74, 6) is 1.17. The van der Waals surface area contributed by atoms with Crippen LogP contribution in [0.2, 0.25) is 0 Å². The van der Waals surface area contributed by atoms with Gasteiger partial charge in [0.05, 0.1) is 24.2 Å². The molecule has 0 bridgehead atoms. The molecule has 0 spiro atoms. The molecule has 9 atom stereocenters. The third-order valence-electron chi connectivity index (χ3n) is 9.40. The van der Waals surface area contributed by atoms with Gasteiger partial charge in [-0.05, 0) is 70.1 Å². The highest BCUT2D eigenvalue weighted by atomic mass is 32.2. The van der Waals surface area contributed by atoms with Crippen molar-refractivity contribution in [1.29, 1.82) is 0 Å². The average molecular weight is 494 g/mol. The first kappa shape index (κ1) is 25.3. The number of carbonyl (C=O) groups is 1. The second-order valence-corrected chi connectivity index (χ2v) is 13.1. The van der Waals surface area contributed by atoms with Gasteiger partial charge in [-0.3, -0.25) is 10.1 Å². The summed E-state index contributed by atoms with van der Waals surface area (Å²) < 4.78 is 12.4. The second kappa shape index (κ2) is 11.8. The highest BCUT2D eigenvalue weighted by Gasteiger charge is 2.44. The first-order valence-electron chi connectivity index (χ1n) is 14.2. The number of nitrogens with one attached hydrogen (secondary N) is 3. The largest absolute Gasteiger partial charge is 0.381 e. The molecule has 3 aliphatic carbocycles. The molecule has 2 aliphatic heterocycles. The van der Waals surface area contributed by atoms with E-state index in [1.54, 1.807) is 0 Å². The molecule has 0 aromatic rings. The van der Waals surface area contributed by atoms with Gasteiger partial charge in [-0.25, -0.2) is 0 Å². The van der Waals surface area contributed by atoms with Crippen LogP contribution >= 0.6 is 11.8 Å². The number of amides is 1. The average Bonchev–Trinajstić information content (AvgIpc) is 3.26. The van der Waals surface area contributed by atoms with E-state index in [1.165, 1.54) is 51.4 Å². The Hall–Kier alpha value is -0.340. The van der Waals surface area contributed by atoms with E-state index in [4.69, 9.17) is 9.47 Å². The molecule has 2 heterocycles. The Morgan fingerprint density at radius 1 is 0.912 bits per heavy atom. The van der Waals surface area contributed by atoms with Crippen LogP contribution in [0.25, 0.3) is 0 Å². The molecule has 3 saturated carbocycles. The van der Waals surface area contributed by atoms with E-state index in [9.17, 15) is 4.79 Å². The van der Waals surface area contributed by atoms with Crippen molar-refractivity contribution in [2.24, 2.45) is 17.8 Å². The van der Waals surface area contributed by atoms with Crippen LogP contribution in [0.3, 0.4) is 0 Å². The molecule has 194 valence electrons. The van der Waals surface area contributed by atoms with Crippen molar-refractivity contribution in [2.75, 3.05) is 13.7 Å². The van der Waals surface area contributed by atoms with Crippen molar-refractivity contribution in [3.05, 3.63) is 0 Å². The lowest BCUT2D eigenvalue weighted by atomic mass is 9.68. The minimum atomic E-state index is 0.0282. The Labute approximate surface area is 210 Å². The van der Waals surface area contributed by atoms with E-state index in [-0.39, 0.29) is 17.3 Å². The molecule has 5 aliphatic rings. The van der Waals surface area contributed by atoms with Crippen molar-refractivity contribution < 1.29 is 14.3 Å². The number of methoxy groups -OCH3 is 1. The predicted molar refractivity (Wildman–Crippen MR) is 138 cm³/mol. The van der Waals surface area contributed by atoms with E-state index in [0.717, 1.165) is 38.6 Å². The molecular weight excluding hydrogens is 446 g/mol. The molecule has 34 heavy (non-hydrogen) atoms. The number of hydrogen-bond donors (Lipinski definition) is 3. The normalized spacial score (nSPS) is 43.9. The zero-order valence-corrected chi connectivity index (χ0v) is 22.1. The van der Waals surface area contributed by atoms with Crippen molar-refractivity contribution >= 4 is 17.7 Å². The maximum atomic E-state index is 13.6. The van der Waals surface area contributed by atoms with Gasteiger partial charge >= 0.3 is 0 Å². The summed E-state index contributed by atoms with van der Waals surface area (Å²) >= 11 is 1.93. The van der Waals surface area contributed by atoms with E-state index in [2.05, 4.69) is 22.9 Å². The predicted octanol–water partition coefficient (Wildman–Crippen LogP) is 4.18. The minimum Gasteiger partial charge on any atom is -0.381 e. The van der Waals surface area contributed by atoms with Crippen LogP contribution in [0.4, 0.5) is 0 Å².